The molecule has 1 heterocycles. The van der Waals surface area contributed by atoms with Crippen molar-refractivity contribution in [2.75, 3.05) is 0 Å². The lowest BCUT2D eigenvalue weighted by molar-refractivity contribution is 0.0921. The molecular formula is C25H25N3O2. The maximum absolute atomic E-state index is 13.2. The summed E-state index contributed by atoms with van der Waals surface area (Å²) < 4.78 is 5.86. The van der Waals surface area contributed by atoms with Crippen molar-refractivity contribution < 1.29 is 9.53 Å². The predicted octanol–water partition coefficient (Wildman–Crippen LogP) is 5.27. The summed E-state index contributed by atoms with van der Waals surface area (Å²) in [5.74, 6) is 1.57. The molecule has 0 fully saturated rings. The first kappa shape index (κ1) is 19.7. The van der Waals surface area contributed by atoms with Gasteiger partial charge in [0.15, 0.2) is 0 Å². The van der Waals surface area contributed by atoms with Crippen LogP contribution >= 0.6 is 0 Å². The average Bonchev–Trinajstić information content (AvgIpc) is 3.20. The number of carbonyl (C=O) groups is 1. The van der Waals surface area contributed by atoms with Crippen molar-refractivity contribution >= 4 is 16.9 Å². The number of H-pyrrole nitrogens is 1. The minimum absolute atomic E-state index is 0.138. The van der Waals surface area contributed by atoms with Gasteiger partial charge < -0.3 is 15.0 Å². The zero-order valence-electron chi connectivity index (χ0n) is 17.1. The third-order valence-electron chi connectivity index (χ3n) is 5.06. The smallest absolute Gasteiger partial charge is 0.252 e. The number of aromatic nitrogens is 2. The molecule has 0 aliphatic carbocycles. The Morgan fingerprint density at radius 2 is 1.67 bits per heavy atom. The van der Waals surface area contributed by atoms with Crippen LogP contribution in [0, 0.1) is 5.92 Å². The summed E-state index contributed by atoms with van der Waals surface area (Å²) in [5.41, 5.74) is 3.30. The van der Waals surface area contributed by atoms with E-state index in [0.29, 0.717) is 12.2 Å². The zero-order valence-corrected chi connectivity index (χ0v) is 17.1. The number of aromatic amines is 1. The van der Waals surface area contributed by atoms with Crippen molar-refractivity contribution in [2.45, 2.75) is 26.5 Å². The van der Waals surface area contributed by atoms with Crippen molar-refractivity contribution in [3.8, 4) is 5.75 Å². The van der Waals surface area contributed by atoms with Gasteiger partial charge in [-0.15, -0.1) is 0 Å². The van der Waals surface area contributed by atoms with Crippen LogP contribution in [0.2, 0.25) is 0 Å². The largest absolute Gasteiger partial charge is 0.489 e. The molecule has 1 aromatic heterocycles. The minimum Gasteiger partial charge on any atom is -0.489 e. The molecule has 4 aromatic rings. The number of fused-ring (bicyclic) bond motifs is 1. The van der Waals surface area contributed by atoms with E-state index in [4.69, 9.17) is 4.74 Å². The Hall–Kier alpha value is -3.60. The van der Waals surface area contributed by atoms with E-state index in [9.17, 15) is 4.79 Å². The van der Waals surface area contributed by atoms with Gasteiger partial charge in [-0.2, -0.15) is 0 Å². The molecule has 5 nitrogen and oxygen atoms in total. The predicted molar refractivity (Wildman–Crippen MR) is 118 cm³/mol. The van der Waals surface area contributed by atoms with Crippen molar-refractivity contribution in [2.24, 2.45) is 5.92 Å². The zero-order chi connectivity index (χ0) is 20.9. The Balaban J connectivity index is 1.54. The van der Waals surface area contributed by atoms with Gasteiger partial charge in [-0.25, -0.2) is 4.98 Å². The fraction of sp³-hybridized carbons (Fsp3) is 0.200. The molecule has 1 amide bonds. The molecule has 0 aliphatic rings. The van der Waals surface area contributed by atoms with Crippen LogP contribution in [0.15, 0.2) is 78.9 Å². The Bertz CT molecular complexity index is 1100. The number of hydrogen-bond donors (Lipinski definition) is 2. The summed E-state index contributed by atoms with van der Waals surface area (Å²) in [6.45, 7) is 4.47. The number of imidazole rings is 1. The van der Waals surface area contributed by atoms with Gasteiger partial charge in [0.05, 0.1) is 17.1 Å². The molecular weight excluding hydrogens is 374 g/mol. The van der Waals surface area contributed by atoms with E-state index < -0.39 is 0 Å². The molecule has 5 heteroatoms. The third-order valence-corrected chi connectivity index (χ3v) is 5.06. The second-order valence-electron chi connectivity index (χ2n) is 7.59. The van der Waals surface area contributed by atoms with Crippen LogP contribution in [-0.4, -0.2) is 15.9 Å². The van der Waals surface area contributed by atoms with E-state index in [2.05, 4.69) is 29.1 Å². The first-order chi connectivity index (χ1) is 14.6. The van der Waals surface area contributed by atoms with Crippen molar-refractivity contribution in [1.29, 1.82) is 0 Å². The van der Waals surface area contributed by atoms with E-state index in [1.54, 1.807) is 0 Å². The molecule has 0 bridgehead atoms. The highest BCUT2D eigenvalue weighted by Crippen LogP contribution is 2.23. The molecule has 1 atom stereocenters. The number of rotatable bonds is 7. The first-order valence-electron chi connectivity index (χ1n) is 10.1. The van der Waals surface area contributed by atoms with Crippen LogP contribution < -0.4 is 10.1 Å². The van der Waals surface area contributed by atoms with Crippen LogP contribution in [0.3, 0.4) is 0 Å². The Kier molecular flexibility index (Phi) is 5.80. The maximum Gasteiger partial charge on any atom is 0.252 e. The maximum atomic E-state index is 13.2. The van der Waals surface area contributed by atoms with Crippen LogP contribution in [0.25, 0.3) is 11.0 Å². The summed E-state index contributed by atoms with van der Waals surface area (Å²) in [5, 5.41) is 3.16. The number of carbonyl (C=O) groups excluding carboxylic acids is 1. The highest BCUT2D eigenvalue weighted by Gasteiger charge is 2.23. The molecule has 2 N–H and O–H groups in total. The standard InChI is InChI=1S/C25H25N3O2/c1-17(2)23(24-26-21-14-8-9-15-22(21)27-24)28-25(29)20-13-7-6-10-18(20)16-30-19-11-4-3-5-12-19/h3-15,17,23H,16H2,1-2H3,(H,26,27)(H,28,29)/t23-/m0/s1. The van der Waals surface area contributed by atoms with Gasteiger partial charge in [-0.3, -0.25) is 4.79 Å². The molecule has 152 valence electrons. The SMILES string of the molecule is CC(C)[C@H](NC(=O)c1ccccc1COc1ccccc1)c1nc2ccccc2[nH]1. The van der Waals surface area contributed by atoms with Crippen LogP contribution in [-0.2, 0) is 6.61 Å². The van der Waals surface area contributed by atoms with Crippen molar-refractivity contribution in [3.05, 3.63) is 95.8 Å². The number of hydrogen-bond acceptors (Lipinski definition) is 3. The molecule has 0 radical (unpaired) electrons. The van der Waals surface area contributed by atoms with Crippen molar-refractivity contribution in [3.63, 3.8) is 0 Å². The summed E-state index contributed by atoms with van der Waals surface area (Å²) in [6, 6.07) is 24.8. The fourth-order valence-electron chi connectivity index (χ4n) is 3.44. The van der Waals surface area contributed by atoms with Gasteiger partial charge >= 0.3 is 0 Å². The van der Waals surface area contributed by atoms with E-state index in [-0.39, 0.29) is 17.9 Å². The monoisotopic (exact) mass is 399 g/mol. The summed E-state index contributed by atoms with van der Waals surface area (Å²) in [7, 11) is 0. The molecule has 0 spiro atoms. The van der Waals surface area contributed by atoms with Crippen molar-refractivity contribution in [1.82, 2.24) is 15.3 Å². The first-order valence-corrected chi connectivity index (χ1v) is 10.1. The van der Waals surface area contributed by atoms with Gasteiger partial charge in [-0.1, -0.05) is 62.4 Å². The highest BCUT2D eigenvalue weighted by atomic mass is 16.5. The average molecular weight is 399 g/mol. The Morgan fingerprint density at radius 3 is 2.43 bits per heavy atom. The number of nitrogens with one attached hydrogen (secondary N) is 2. The number of amides is 1. The van der Waals surface area contributed by atoms with Gasteiger partial charge in [0.2, 0.25) is 0 Å². The lowest BCUT2D eigenvalue weighted by Gasteiger charge is -2.21. The number of benzene rings is 3. The molecule has 30 heavy (non-hydrogen) atoms. The molecule has 4 rings (SSSR count). The molecule has 0 saturated carbocycles. The Labute approximate surface area is 176 Å². The van der Waals surface area contributed by atoms with Gasteiger partial charge in [0.1, 0.15) is 18.2 Å². The summed E-state index contributed by atoms with van der Waals surface area (Å²) >= 11 is 0. The second kappa shape index (κ2) is 8.82. The minimum atomic E-state index is -0.229. The van der Waals surface area contributed by atoms with E-state index in [1.165, 1.54) is 0 Å². The topological polar surface area (TPSA) is 67.0 Å². The van der Waals surface area contributed by atoms with E-state index in [1.807, 2.05) is 78.9 Å². The third kappa shape index (κ3) is 4.35. The number of ether oxygens (including phenoxy) is 1. The lowest BCUT2D eigenvalue weighted by atomic mass is 10.0. The number of para-hydroxylation sites is 3. The van der Waals surface area contributed by atoms with E-state index >= 15 is 0 Å². The highest BCUT2D eigenvalue weighted by molar-refractivity contribution is 5.96. The van der Waals surface area contributed by atoms with Gasteiger partial charge in [0.25, 0.3) is 5.91 Å². The molecule has 0 unspecified atom stereocenters. The second-order valence-corrected chi connectivity index (χ2v) is 7.59. The van der Waals surface area contributed by atoms with Gasteiger partial charge in [0, 0.05) is 11.1 Å². The van der Waals surface area contributed by atoms with Crippen LogP contribution in [0.4, 0.5) is 0 Å². The van der Waals surface area contributed by atoms with Crippen LogP contribution in [0.5, 0.6) is 5.75 Å². The van der Waals surface area contributed by atoms with Crippen LogP contribution in [0.1, 0.15) is 41.6 Å². The van der Waals surface area contributed by atoms with Gasteiger partial charge in [-0.05, 0) is 36.2 Å². The summed E-state index contributed by atoms with van der Waals surface area (Å²) in [6.07, 6.45) is 0. The summed E-state index contributed by atoms with van der Waals surface area (Å²) in [4.78, 5) is 21.2. The quantitative estimate of drug-likeness (QED) is 0.445. The van der Waals surface area contributed by atoms with E-state index in [0.717, 1.165) is 28.2 Å². The lowest BCUT2D eigenvalue weighted by Crippen LogP contribution is -2.33. The molecule has 0 aliphatic heterocycles. The fourth-order valence-corrected chi connectivity index (χ4v) is 3.44. The Morgan fingerprint density at radius 1 is 0.967 bits per heavy atom. The molecule has 0 saturated heterocycles. The molecule has 3 aromatic carbocycles. The normalized spacial score (nSPS) is 12.1. The number of nitrogens with zero attached hydrogens (tertiary/aromatic N) is 1.